The van der Waals surface area contributed by atoms with Crippen LogP contribution in [0.4, 0.5) is 0 Å². The summed E-state index contributed by atoms with van der Waals surface area (Å²) in [5.41, 5.74) is 2.24. The second-order valence-electron chi connectivity index (χ2n) is 6.23. The molecule has 0 unspecified atom stereocenters. The lowest BCUT2D eigenvalue weighted by atomic mass is 10.1. The second-order valence-corrected chi connectivity index (χ2v) is 7.24. The lowest BCUT2D eigenvalue weighted by molar-refractivity contribution is -0.143. The van der Waals surface area contributed by atoms with Gasteiger partial charge in [-0.05, 0) is 26.0 Å². The van der Waals surface area contributed by atoms with Crippen molar-refractivity contribution in [2.24, 2.45) is 4.99 Å². The number of benzene rings is 2. The third kappa shape index (κ3) is 4.48. The van der Waals surface area contributed by atoms with Gasteiger partial charge in [0, 0.05) is 17.7 Å². The number of carbonyl (C=O) groups is 2. The SMILES string of the molecule is CCOC(=O)Cn1c(=NC(=O)c2ccc(C)cc2)sc2cc(OC)c(OC)cc21. The topological polar surface area (TPSA) is 79.1 Å². The van der Waals surface area contributed by atoms with Crippen molar-refractivity contribution in [3.05, 3.63) is 52.3 Å². The molecule has 29 heavy (non-hydrogen) atoms. The standard InChI is InChI=1S/C21H22N2O5S/c1-5-28-19(24)12-23-15-10-16(26-3)17(27-4)11-18(15)29-21(23)22-20(25)14-8-6-13(2)7-9-14/h6-11H,5,12H2,1-4H3. The molecule has 7 nitrogen and oxygen atoms in total. The maximum Gasteiger partial charge on any atom is 0.326 e. The third-order valence-electron chi connectivity index (χ3n) is 4.28. The highest BCUT2D eigenvalue weighted by molar-refractivity contribution is 7.16. The summed E-state index contributed by atoms with van der Waals surface area (Å²) in [7, 11) is 3.09. The summed E-state index contributed by atoms with van der Waals surface area (Å²) in [6, 6.07) is 10.7. The molecule has 0 fully saturated rings. The number of ether oxygens (including phenoxy) is 3. The van der Waals surface area contributed by atoms with E-state index in [2.05, 4.69) is 4.99 Å². The molecule has 0 saturated carbocycles. The Hall–Kier alpha value is -3.13. The molecule has 8 heteroatoms. The number of fused-ring (bicyclic) bond motifs is 1. The van der Waals surface area contributed by atoms with Crippen LogP contribution in [0, 0.1) is 6.92 Å². The minimum Gasteiger partial charge on any atom is -0.493 e. The molecule has 1 heterocycles. The first-order valence-corrected chi connectivity index (χ1v) is 9.85. The van der Waals surface area contributed by atoms with Gasteiger partial charge in [-0.25, -0.2) is 0 Å². The zero-order chi connectivity index (χ0) is 21.0. The molecule has 0 bridgehead atoms. The number of aryl methyl sites for hydroxylation is 1. The number of nitrogens with zero attached hydrogens (tertiary/aromatic N) is 2. The predicted molar refractivity (Wildman–Crippen MR) is 111 cm³/mol. The Kier molecular flexibility index (Phi) is 6.33. The summed E-state index contributed by atoms with van der Waals surface area (Å²) in [5.74, 6) is 0.284. The highest BCUT2D eigenvalue weighted by Crippen LogP contribution is 2.33. The summed E-state index contributed by atoms with van der Waals surface area (Å²) in [5, 5.41) is 0. The molecule has 0 N–H and O–H groups in total. The van der Waals surface area contributed by atoms with Gasteiger partial charge in [0.15, 0.2) is 16.3 Å². The van der Waals surface area contributed by atoms with E-state index in [0.29, 0.717) is 27.4 Å². The van der Waals surface area contributed by atoms with Gasteiger partial charge < -0.3 is 18.8 Å². The van der Waals surface area contributed by atoms with E-state index in [4.69, 9.17) is 14.2 Å². The maximum atomic E-state index is 12.7. The number of aromatic nitrogens is 1. The predicted octanol–water partition coefficient (Wildman–Crippen LogP) is 3.33. The zero-order valence-electron chi connectivity index (χ0n) is 16.7. The summed E-state index contributed by atoms with van der Waals surface area (Å²) >= 11 is 1.29. The van der Waals surface area contributed by atoms with E-state index in [1.54, 1.807) is 42.9 Å². The monoisotopic (exact) mass is 414 g/mol. The van der Waals surface area contributed by atoms with Crippen LogP contribution < -0.4 is 14.3 Å². The van der Waals surface area contributed by atoms with Crippen LogP contribution in [0.2, 0.25) is 0 Å². The normalized spacial score (nSPS) is 11.5. The molecule has 0 saturated heterocycles. The first-order valence-electron chi connectivity index (χ1n) is 9.03. The minimum absolute atomic E-state index is 0.0661. The number of hydrogen-bond acceptors (Lipinski definition) is 6. The molecule has 3 rings (SSSR count). The zero-order valence-corrected chi connectivity index (χ0v) is 17.5. The molecule has 0 aliphatic carbocycles. The van der Waals surface area contributed by atoms with Crippen molar-refractivity contribution in [3.8, 4) is 11.5 Å². The Morgan fingerprint density at radius 1 is 1.07 bits per heavy atom. The number of methoxy groups -OCH3 is 2. The van der Waals surface area contributed by atoms with Crippen molar-refractivity contribution in [3.63, 3.8) is 0 Å². The van der Waals surface area contributed by atoms with Gasteiger partial charge in [0.1, 0.15) is 6.54 Å². The molecular weight excluding hydrogens is 392 g/mol. The van der Waals surface area contributed by atoms with Gasteiger partial charge in [-0.3, -0.25) is 9.59 Å². The Morgan fingerprint density at radius 3 is 2.34 bits per heavy atom. The number of carbonyl (C=O) groups excluding carboxylic acids is 2. The first kappa shape index (κ1) is 20.6. The van der Waals surface area contributed by atoms with E-state index in [1.807, 2.05) is 19.1 Å². The van der Waals surface area contributed by atoms with E-state index >= 15 is 0 Å². The lowest BCUT2D eigenvalue weighted by Gasteiger charge is -2.09. The van der Waals surface area contributed by atoms with Crippen molar-refractivity contribution in [1.29, 1.82) is 0 Å². The Bertz CT molecular complexity index is 1110. The number of amides is 1. The van der Waals surface area contributed by atoms with Gasteiger partial charge in [-0.15, -0.1) is 0 Å². The first-order chi connectivity index (χ1) is 14.0. The molecule has 0 aliphatic rings. The van der Waals surface area contributed by atoms with Crippen LogP contribution in [0.5, 0.6) is 11.5 Å². The molecule has 0 radical (unpaired) electrons. The molecule has 1 amide bonds. The second kappa shape index (κ2) is 8.91. The minimum atomic E-state index is -0.411. The molecule has 0 spiro atoms. The highest BCUT2D eigenvalue weighted by Gasteiger charge is 2.16. The van der Waals surface area contributed by atoms with Crippen LogP contribution in [0.25, 0.3) is 10.2 Å². The van der Waals surface area contributed by atoms with E-state index in [-0.39, 0.29) is 19.1 Å². The van der Waals surface area contributed by atoms with Crippen molar-refractivity contribution in [2.45, 2.75) is 20.4 Å². The van der Waals surface area contributed by atoms with Crippen LogP contribution in [0.15, 0.2) is 41.4 Å². The molecule has 152 valence electrons. The van der Waals surface area contributed by atoms with Crippen LogP contribution in [-0.4, -0.2) is 37.3 Å². The Balaban J connectivity index is 2.16. The van der Waals surface area contributed by atoms with Crippen molar-refractivity contribution >= 4 is 33.4 Å². The third-order valence-corrected chi connectivity index (χ3v) is 5.32. The molecular formula is C21H22N2O5S. The van der Waals surface area contributed by atoms with Gasteiger partial charge in [0.2, 0.25) is 0 Å². The van der Waals surface area contributed by atoms with Gasteiger partial charge in [-0.2, -0.15) is 4.99 Å². The van der Waals surface area contributed by atoms with Crippen molar-refractivity contribution in [1.82, 2.24) is 4.57 Å². The van der Waals surface area contributed by atoms with Crippen molar-refractivity contribution < 1.29 is 23.8 Å². The average molecular weight is 414 g/mol. The summed E-state index contributed by atoms with van der Waals surface area (Å²) in [4.78, 5) is 29.5. The molecule has 3 aromatic rings. The van der Waals surface area contributed by atoms with Crippen LogP contribution >= 0.6 is 11.3 Å². The number of thiazole rings is 1. The maximum absolute atomic E-state index is 12.7. The Morgan fingerprint density at radius 2 is 1.72 bits per heavy atom. The fraction of sp³-hybridized carbons (Fsp3) is 0.286. The summed E-state index contributed by atoms with van der Waals surface area (Å²) in [6.45, 7) is 3.90. The van der Waals surface area contributed by atoms with Crippen LogP contribution in [0.1, 0.15) is 22.8 Å². The fourth-order valence-corrected chi connectivity index (χ4v) is 3.86. The van der Waals surface area contributed by atoms with Gasteiger partial charge in [0.05, 0.1) is 31.0 Å². The van der Waals surface area contributed by atoms with Crippen molar-refractivity contribution in [2.75, 3.05) is 20.8 Å². The van der Waals surface area contributed by atoms with E-state index in [0.717, 1.165) is 10.3 Å². The van der Waals surface area contributed by atoms with Crippen LogP contribution in [0.3, 0.4) is 0 Å². The molecule has 1 aromatic heterocycles. The number of rotatable bonds is 6. The molecule has 0 atom stereocenters. The Labute approximate surface area is 172 Å². The number of esters is 1. The number of hydrogen-bond donors (Lipinski definition) is 0. The molecule has 2 aromatic carbocycles. The van der Waals surface area contributed by atoms with Gasteiger partial charge >= 0.3 is 5.97 Å². The molecule has 0 aliphatic heterocycles. The lowest BCUT2D eigenvalue weighted by Crippen LogP contribution is -2.23. The average Bonchev–Trinajstić information content (AvgIpc) is 3.03. The van der Waals surface area contributed by atoms with E-state index in [1.165, 1.54) is 18.4 Å². The largest absolute Gasteiger partial charge is 0.493 e. The summed E-state index contributed by atoms with van der Waals surface area (Å²) in [6.07, 6.45) is 0. The van der Waals surface area contributed by atoms with Crippen LogP contribution in [-0.2, 0) is 16.1 Å². The van der Waals surface area contributed by atoms with Gasteiger partial charge in [-0.1, -0.05) is 29.0 Å². The fourth-order valence-electron chi connectivity index (χ4n) is 2.82. The smallest absolute Gasteiger partial charge is 0.326 e. The quantitative estimate of drug-likeness (QED) is 0.578. The van der Waals surface area contributed by atoms with Gasteiger partial charge in [0.25, 0.3) is 5.91 Å². The highest BCUT2D eigenvalue weighted by atomic mass is 32.1. The van der Waals surface area contributed by atoms with E-state index < -0.39 is 5.97 Å². The van der Waals surface area contributed by atoms with E-state index in [9.17, 15) is 9.59 Å². The summed E-state index contributed by atoms with van der Waals surface area (Å²) < 4.78 is 18.3.